The summed E-state index contributed by atoms with van der Waals surface area (Å²) < 4.78 is 24.8. The summed E-state index contributed by atoms with van der Waals surface area (Å²) in [5.74, 6) is 0.589. The third-order valence-electron chi connectivity index (χ3n) is 5.15. The molecular formula is C18H20FN3O3. The molecule has 1 fully saturated rings. The molecular weight excluding hydrogens is 325 g/mol. The summed E-state index contributed by atoms with van der Waals surface area (Å²) >= 11 is 0. The van der Waals surface area contributed by atoms with Gasteiger partial charge in [-0.25, -0.2) is 4.39 Å². The Kier molecular flexibility index (Phi) is 3.76. The Morgan fingerprint density at radius 1 is 1.32 bits per heavy atom. The summed E-state index contributed by atoms with van der Waals surface area (Å²) in [6, 6.07) is 3.99. The third-order valence-corrected chi connectivity index (χ3v) is 5.15. The van der Waals surface area contributed by atoms with Crippen LogP contribution in [0.15, 0.2) is 22.7 Å². The SMILES string of the molecule is Cc1noc(C)c1CN1C[C@@H]2Oc3cc(F)ccc3C(=O)N(C)[C@@H]2C1. The van der Waals surface area contributed by atoms with Gasteiger partial charge in [-0.05, 0) is 26.0 Å². The van der Waals surface area contributed by atoms with Crippen LogP contribution in [0.1, 0.15) is 27.4 Å². The molecule has 0 spiro atoms. The van der Waals surface area contributed by atoms with Gasteiger partial charge in [0.25, 0.3) is 5.91 Å². The first-order valence-electron chi connectivity index (χ1n) is 8.31. The van der Waals surface area contributed by atoms with E-state index in [2.05, 4.69) is 10.1 Å². The van der Waals surface area contributed by atoms with Gasteiger partial charge in [-0.3, -0.25) is 9.69 Å². The number of rotatable bonds is 2. The first kappa shape index (κ1) is 16.1. The molecule has 2 aliphatic heterocycles. The van der Waals surface area contributed by atoms with Gasteiger partial charge in [0.15, 0.2) is 0 Å². The number of halogens is 1. The summed E-state index contributed by atoms with van der Waals surface area (Å²) in [5, 5.41) is 3.99. The van der Waals surface area contributed by atoms with Crippen molar-refractivity contribution in [2.45, 2.75) is 32.5 Å². The summed E-state index contributed by atoms with van der Waals surface area (Å²) in [6.07, 6.45) is -0.197. The molecule has 0 aliphatic carbocycles. The van der Waals surface area contributed by atoms with Crippen molar-refractivity contribution in [3.63, 3.8) is 0 Å². The van der Waals surface area contributed by atoms with E-state index in [0.29, 0.717) is 30.9 Å². The number of fused-ring (bicyclic) bond motifs is 2. The zero-order valence-electron chi connectivity index (χ0n) is 14.5. The maximum atomic E-state index is 13.6. The number of carbonyl (C=O) groups is 1. The van der Waals surface area contributed by atoms with Crippen LogP contribution < -0.4 is 4.74 Å². The largest absolute Gasteiger partial charge is 0.486 e. The highest BCUT2D eigenvalue weighted by atomic mass is 19.1. The molecule has 2 aliphatic rings. The molecule has 6 nitrogen and oxygen atoms in total. The van der Waals surface area contributed by atoms with Gasteiger partial charge in [0.1, 0.15) is 23.4 Å². The van der Waals surface area contributed by atoms with Crippen LogP contribution in [0.3, 0.4) is 0 Å². The predicted molar refractivity (Wildman–Crippen MR) is 88.0 cm³/mol. The predicted octanol–water partition coefficient (Wildman–Crippen LogP) is 2.15. The van der Waals surface area contributed by atoms with E-state index in [0.717, 1.165) is 17.0 Å². The molecule has 3 heterocycles. The molecule has 4 rings (SSSR count). The van der Waals surface area contributed by atoms with E-state index in [1.54, 1.807) is 11.9 Å². The van der Waals surface area contributed by atoms with Crippen LogP contribution in [0.25, 0.3) is 0 Å². The van der Waals surface area contributed by atoms with Crippen LogP contribution in [-0.4, -0.2) is 53.1 Å². The number of amides is 1. The number of aryl methyl sites for hydroxylation is 2. The van der Waals surface area contributed by atoms with Crippen LogP contribution in [0.4, 0.5) is 4.39 Å². The minimum Gasteiger partial charge on any atom is -0.486 e. The molecule has 2 atom stereocenters. The summed E-state index contributed by atoms with van der Waals surface area (Å²) in [6.45, 7) is 5.85. The first-order chi connectivity index (χ1) is 11.9. The van der Waals surface area contributed by atoms with Gasteiger partial charge < -0.3 is 14.2 Å². The van der Waals surface area contributed by atoms with E-state index in [4.69, 9.17) is 9.26 Å². The van der Waals surface area contributed by atoms with E-state index in [1.165, 1.54) is 18.2 Å². The number of ether oxygens (including phenoxy) is 1. The van der Waals surface area contributed by atoms with Crippen LogP contribution in [-0.2, 0) is 6.54 Å². The van der Waals surface area contributed by atoms with E-state index >= 15 is 0 Å². The van der Waals surface area contributed by atoms with Gasteiger partial charge >= 0.3 is 0 Å². The molecule has 1 aromatic carbocycles. The fourth-order valence-electron chi connectivity index (χ4n) is 3.67. The molecule has 1 saturated heterocycles. The van der Waals surface area contributed by atoms with Crippen molar-refractivity contribution in [2.24, 2.45) is 0 Å². The molecule has 0 bridgehead atoms. The van der Waals surface area contributed by atoms with Crippen LogP contribution in [0.2, 0.25) is 0 Å². The van der Waals surface area contributed by atoms with Crippen LogP contribution in [0, 0.1) is 19.7 Å². The lowest BCUT2D eigenvalue weighted by molar-refractivity contribution is 0.0682. The number of likely N-dealkylation sites (N-methyl/N-ethyl adjacent to an activating group) is 1. The number of benzene rings is 1. The topological polar surface area (TPSA) is 58.8 Å². The van der Waals surface area contributed by atoms with Crippen molar-refractivity contribution in [3.8, 4) is 5.75 Å². The zero-order valence-corrected chi connectivity index (χ0v) is 14.5. The van der Waals surface area contributed by atoms with Gasteiger partial charge in [-0.1, -0.05) is 5.16 Å². The Balaban J connectivity index is 1.59. The van der Waals surface area contributed by atoms with Crippen molar-refractivity contribution in [3.05, 3.63) is 46.6 Å². The Morgan fingerprint density at radius 2 is 2.12 bits per heavy atom. The minimum atomic E-state index is -0.404. The van der Waals surface area contributed by atoms with Gasteiger partial charge in [-0.2, -0.15) is 0 Å². The molecule has 1 amide bonds. The van der Waals surface area contributed by atoms with Gasteiger partial charge in [0.2, 0.25) is 0 Å². The van der Waals surface area contributed by atoms with Gasteiger partial charge in [0, 0.05) is 38.3 Å². The second kappa shape index (κ2) is 5.84. The lowest BCUT2D eigenvalue weighted by atomic mass is 10.1. The average molecular weight is 345 g/mol. The maximum absolute atomic E-state index is 13.6. The quantitative estimate of drug-likeness (QED) is 0.835. The molecule has 2 aromatic rings. The molecule has 1 aromatic heterocycles. The molecule has 7 heteroatoms. The van der Waals surface area contributed by atoms with Crippen molar-refractivity contribution in [1.82, 2.24) is 15.0 Å². The second-order valence-electron chi connectivity index (χ2n) is 6.78. The van der Waals surface area contributed by atoms with Crippen molar-refractivity contribution in [1.29, 1.82) is 0 Å². The number of likely N-dealkylation sites (tertiary alicyclic amines) is 1. The van der Waals surface area contributed by atoms with Gasteiger partial charge in [-0.15, -0.1) is 0 Å². The monoisotopic (exact) mass is 345 g/mol. The van der Waals surface area contributed by atoms with E-state index in [1.807, 2.05) is 13.8 Å². The fraction of sp³-hybridized carbons (Fsp3) is 0.444. The summed E-state index contributed by atoms with van der Waals surface area (Å²) in [4.78, 5) is 16.6. The number of hydrogen-bond donors (Lipinski definition) is 0. The smallest absolute Gasteiger partial charge is 0.257 e. The Hall–Kier alpha value is -2.41. The number of hydrogen-bond acceptors (Lipinski definition) is 5. The highest BCUT2D eigenvalue weighted by molar-refractivity contribution is 5.97. The number of nitrogens with zero attached hydrogens (tertiary/aromatic N) is 3. The summed E-state index contributed by atoms with van der Waals surface area (Å²) in [5.41, 5.74) is 2.36. The fourth-order valence-corrected chi connectivity index (χ4v) is 3.67. The van der Waals surface area contributed by atoms with Crippen molar-refractivity contribution >= 4 is 5.91 Å². The molecule has 0 radical (unpaired) electrons. The van der Waals surface area contributed by atoms with E-state index in [-0.39, 0.29) is 18.1 Å². The first-order valence-corrected chi connectivity index (χ1v) is 8.31. The lowest BCUT2D eigenvalue weighted by Gasteiger charge is -2.25. The lowest BCUT2D eigenvalue weighted by Crippen LogP contribution is -2.44. The Bertz CT molecular complexity index is 815. The molecule has 25 heavy (non-hydrogen) atoms. The molecule has 0 N–H and O–H groups in total. The minimum absolute atomic E-state index is 0.0802. The molecule has 0 unspecified atom stereocenters. The van der Waals surface area contributed by atoms with E-state index < -0.39 is 5.82 Å². The highest BCUT2D eigenvalue weighted by Gasteiger charge is 2.42. The average Bonchev–Trinajstić information content (AvgIpc) is 3.09. The van der Waals surface area contributed by atoms with E-state index in [9.17, 15) is 9.18 Å². The maximum Gasteiger partial charge on any atom is 0.257 e. The summed E-state index contributed by atoms with van der Waals surface area (Å²) in [7, 11) is 1.78. The van der Waals surface area contributed by atoms with Crippen molar-refractivity contribution in [2.75, 3.05) is 20.1 Å². The highest BCUT2D eigenvalue weighted by Crippen LogP contribution is 2.32. The number of carbonyl (C=O) groups excluding carboxylic acids is 1. The standard InChI is InChI=1S/C18H20FN3O3/c1-10-14(11(2)25-20-10)7-22-8-15-17(9-22)24-16-6-12(19)4-5-13(16)18(23)21(15)3/h4-6,15,17H,7-9H2,1-3H3/t15-,17+/m1/s1. The van der Waals surface area contributed by atoms with Crippen LogP contribution in [0.5, 0.6) is 5.75 Å². The second-order valence-corrected chi connectivity index (χ2v) is 6.78. The van der Waals surface area contributed by atoms with Crippen molar-refractivity contribution < 1.29 is 18.4 Å². The Labute approximate surface area is 145 Å². The third kappa shape index (κ3) is 2.68. The number of aromatic nitrogens is 1. The van der Waals surface area contributed by atoms with Gasteiger partial charge in [0.05, 0.1) is 17.3 Å². The molecule has 0 saturated carbocycles. The Morgan fingerprint density at radius 3 is 2.84 bits per heavy atom. The normalized spacial score (nSPS) is 23.2. The molecule has 132 valence electrons. The zero-order chi connectivity index (χ0) is 17.7. The van der Waals surface area contributed by atoms with Crippen LogP contribution >= 0.6 is 0 Å².